The molecule has 0 saturated carbocycles. The number of carbonyl (C=O) groups is 2. The number of nitrogens with zero attached hydrogens (tertiary/aromatic N) is 2. The summed E-state index contributed by atoms with van der Waals surface area (Å²) in [5.74, 6) is 1.20. The van der Waals surface area contributed by atoms with Crippen molar-refractivity contribution < 1.29 is 28.9 Å². The SMILES string of the molecule is COc1ccccc1Oc1c(N)cc(C(=O)N2CCN(C=O)CC2)cc1OCCO. The molecule has 30 heavy (non-hydrogen) atoms. The number of nitrogen functional groups attached to an aromatic ring is 1. The zero-order valence-corrected chi connectivity index (χ0v) is 16.7. The van der Waals surface area contributed by atoms with Gasteiger partial charge in [0.2, 0.25) is 6.41 Å². The van der Waals surface area contributed by atoms with Crippen LogP contribution in [-0.4, -0.2) is 73.7 Å². The highest BCUT2D eigenvalue weighted by molar-refractivity contribution is 5.96. The number of hydrogen-bond donors (Lipinski definition) is 2. The van der Waals surface area contributed by atoms with Gasteiger partial charge in [0.05, 0.1) is 19.4 Å². The highest BCUT2D eigenvalue weighted by Gasteiger charge is 2.24. The fourth-order valence-corrected chi connectivity index (χ4v) is 3.15. The number of anilines is 1. The van der Waals surface area contributed by atoms with Gasteiger partial charge in [-0.2, -0.15) is 0 Å². The van der Waals surface area contributed by atoms with Crippen LogP contribution in [0, 0.1) is 0 Å². The molecule has 1 heterocycles. The number of rotatable bonds is 8. The van der Waals surface area contributed by atoms with Crippen molar-refractivity contribution in [1.82, 2.24) is 9.80 Å². The first-order chi connectivity index (χ1) is 14.6. The molecule has 0 aliphatic carbocycles. The highest BCUT2D eigenvalue weighted by Crippen LogP contribution is 2.41. The van der Waals surface area contributed by atoms with Crippen LogP contribution in [0.1, 0.15) is 10.4 Å². The molecule has 0 radical (unpaired) electrons. The van der Waals surface area contributed by atoms with E-state index in [1.54, 1.807) is 34.1 Å². The van der Waals surface area contributed by atoms with Gasteiger partial charge in [0.25, 0.3) is 5.91 Å². The number of nitrogens with two attached hydrogens (primary N) is 1. The molecule has 0 atom stereocenters. The van der Waals surface area contributed by atoms with Crippen LogP contribution >= 0.6 is 0 Å². The van der Waals surface area contributed by atoms with Crippen LogP contribution in [0.3, 0.4) is 0 Å². The first-order valence-corrected chi connectivity index (χ1v) is 9.54. The van der Waals surface area contributed by atoms with E-state index in [4.69, 9.17) is 25.1 Å². The van der Waals surface area contributed by atoms with Crippen molar-refractivity contribution in [2.45, 2.75) is 0 Å². The van der Waals surface area contributed by atoms with E-state index in [2.05, 4.69) is 0 Å². The maximum absolute atomic E-state index is 12.9. The maximum Gasteiger partial charge on any atom is 0.254 e. The third-order valence-corrected chi connectivity index (χ3v) is 4.71. The summed E-state index contributed by atoms with van der Waals surface area (Å²) in [6.45, 7) is 1.63. The Morgan fingerprint density at radius 2 is 1.83 bits per heavy atom. The Balaban J connectivity index is 1.89. The van der Waals surface area contributed by atoms with E-state index in [0.717, 1.165) is 6.41 Å². The zero-order chi connectivity index (χ0) is 21.5. The molecule has 0 bridgehead atoms. The number of hydrogen-bond acceptors (Lipinski definition) is 7. The smallest absolute Gasteiger partial charge is 0.254 e. The fraction of sp³-hybridized carbons (Fsp3) is 0.333. The van der Waals surface area contributed by atoms with Gasteiger partial charge in [-0.3, -0.25) is 9.59 Å². The average Bonchev–Trinajstić information content (AvgIpc) is 2.79. The molecule has 2 aromatic rings. The summed E-state index contributed by atoms with van der Waals surface area (Å²) >= 11 is 0. The molecular weight excluding hydrogens is 390 g/mol. The molecule has 2 aromatic carbocycles. The van der Waals surface area contributed by atoms with E-state index < -0.39 is 0 Å². The van der Waals surface area contributed by atoms with Crippen LogP contribution in [0.15, 0.2) is 36.4 Å². The molecule has 1 fully saturated rings. The van der Waals surface area contributed by atoms with Crippen molar-refractivity contribution in [3.63, 3.8) is 0 Å². The van der Waals surface area contributed by atoms with E-state index in [9.17, 15) is 9.59 Å². The molecule has 1 saturated heterocycles. The predicted octanol–water partition coefficient (Wildman–Crippen LogP) is 1.36. The second kappa shape index (κ2) is 9.84. The number of para-hydroxylation sites is 2. The van der Waals surface area contributed by atoms with E-state index in [0.29, 0.717) is 43.2 Å². The zero-order valence-electron chi connectivity index (χ0n) is 16.7. The number of piperazine rings is 1. The van der Waals surface area contributed by atoms with Crippen molar-refractivity contribution in [2.75, 3.05) is 52.2 Å². The number of methoxy groups -OCH3 is 1. The van der Waals surface area contributed by atoms with Crippen LogP contribution in [-0.2, 0) is 4.79 Å². The molecule has 0 spiro atoms. The Kier molecular flexibility index (Phi) is 6.97. The molecule has 160 valence electrons. The lowest BCUT2D eigenvalue weighted by molar-refractivity contribution is -0.119. The summed E-state index contributed by atoms with van der Waals surface area (Å²) in [7, 11) is 1.53. The number of carbonyl (C=O) groups excluding carboxylic acids is 2. The van der Waals surface area contributed by atoms with Gasteiger partial charge in [-0.1, -0.05) is 12.1 Å². The van der Waals surface area contributed by atoms with Gasteiger partial charge in [0.1, 0.15) is 6.61 Å². The normalized spacial score (nSPS) is 13.7. The number of benzene rings is 2. The lowest BCUT2D eigenvalue weighted by Crippen LogP contribution is -2.48. The Bertz CT molecular complexity index is 896. The van der Waals surface area contributed by atoms with Crippen molar-refractivity contribution in [3.05, 3.63) is 42.0 Å². The maximum atomic E-state index is 12.9. The van der Waals surface area contributed by atoms with Gasteiger partial charge >= 0.3 is 0 Å². The lowest BCUT2D eigenvalue weighted by atomic mass is 10.1. The quantitative estimate of drug-likeness (QED) is 0.494. The van der Waals surface area contributed by atoms with Crippen LogP contribution in [0.2, 0.25) is 0 Å². The molecule has 0 aromatic heterocycles. The van der Waals surface area contributed by atoms with Crippen molar-refractivity contribution >= 4 is 18.0 Å². The topological polar surface area (TPSA) is 115 Å². The van der Waals surface area contributed by atoms with Crippen LogP contribution in [0.5, 0.6) is 23.0 Å². The summed E-state index contributed by atoms with van der Waals surface area (Å²) in [4.78, 5) is 27.1. The average molecular weight is 415 g/mol. The first kappa shape index (κ1) is 21.3. The lowest BCUT2D eigenvalue weighted by Gasteiger charge is -2.32. The molecule has 3 N–H and O–H groups in total. The Labute approximate surface area is 174 Å². The first-order valence-electron chi connectivity index (χ1n) is 9.54. The molecule has 9 nitrogen and oxygen atoms in total. The van der Waals surface area contributed by atoms with Gasteiger partial charge in [-0.25, -0.2) is 0 Å². The van der Waals surface area contributed by atoms with Gasteiger partial charge in [-0.15, -0.1) is 0 Å². The standard InChI is InChI=1S/C21H25N3O6/c1-28-17-4-2-3-5-18(17)30-20-16(22)12-15(13-19(20)29-11-10-25)21(27)24-8-6-23(14-26)7-9-24/h2-5,12-14,25H,6-11,22H2,1H3. The van der Waals surface area contributed by atoms with Gasteiger partial charge in [-0.05, 0) is 24.3 Å². The van der Waals surface area contributed by atoms with Crippen LogP contribution in [0.4, 0.5) is 5.69 Å². The minimum Gasteiger partial charge on any atom is -0.493 e. The predicted molar refractivity (Wildman–Crippen MR) is 110 cm³/mol. The fourth-order valence-electron chi connectivity index (χ4n) is 3.15. The van der Waals surface area contributed by atoms with Gasteiger partial charge < -0.3 is 34.9 Å². The highest BCUT2D eigenvalue weighted by atomic mass is 16.5. The Morgan fingerprint density at radius 3 is 2.47 bits per heavy atom. The Hall–Kier alpha value is -3.46. The molecule has 3 rings (SSSR count). The second-order valence-corrected chi connectivity index (χ2v) is 6.65. The summed E-state index contributed by atoms with van der Waals surface area (Å²) in [5.41, 5.74) is 6.76. The molecule has 1 aliphatic rings. The Morgan fingerprint density at radius 1 is 1.13 bits per heavy atom. The second-order valence-electron chi connectivity index (χ2n) is 6.65. The van der Waals surface area contributed by atoms with E-state index in [-0.39, 0.29) is 36.3 Å². The summed E-state index contributed by atoms with van der Waals surface area (Å²) in [6, 6.07) is 10.1. The molecule has 9 heteroatoms. The van der Waals surface area contributed by atoms with Gasteiger partial charge in [0, 0.05) is 31.7 Å². The number of amides is 2. The minimum absolute atomic E-state index is 0.0113. The summed E-state index contributed by atoms with van der Waals surface area (Å²) in [5, 5.41) is 9.16. The largest absolute Gasteiger partial charge is 0.493 e. The van der Waals surface area contributed by atoms with E-state index in [1.165, 1.54) is 13.2 Å². The molecule has 2 amide bonds. The third-order valence-electron chi connectivity index (χ3n) is 4.71. The third kappa shape index (κ3) is 4.74. The van der Waals surface area contributed by atoms with E-state index >= 15 is 0 Å². The minimum atomic E-state index is -0.218. The number of aliphatic hydroxyl groups excluding tert-OH is 1. The van der Waals surface area contributed by atoms with Gasteiger partial charge in [0.15, 0.2) is 23.0 Å². The molecule has 0 unspecified atom stereocenters. The number of ether oxygens (including phenoxy) is 3. The summed E-state index contributed by atoms with van der Waals surface area (Å²) in [6.07, 6.45) is 0.782. The number of aliphatic hydroxyl groups is 1. The van der Waals surface area contributed by atoms with Crippen molar-refractivity contribution in [3.8, 4) is 23.0 Å². The molecular formula is C21H25N3O6. The van der Waals surface area contributed by atoms with Crippen LogP contribution in [0.25, 0.3) is 0 Å². The summed E-state index contributed by atoms with van der Waals surface area (Å²) < 4.78 is 16.8. The van der Waals surface area contributed by atoms with Crippen molar-refractivity contribution in [2.24, 2.45) is 0 Å². The van der Waals surface area contributed by atoms with Crippen molar-refractivity contribution in [1.29, 1.82) is 0 Å². The monoisotopic (exact) mass is 415 g/mol. The molecule has 1 aliphatic heterocycles. The van der Waals surface area contributed by atoms with Crippen LogP contribution < -0.4 is 19.9 Å². The van der Waals surface area contributed by atoms with E-state index in [1.807, 2.05) is 6.07 Å².